The number of rotatable bonds is 2. The Labute approximate surface area is 213 Å². The number of pyridine rings is 1. The van der Waals surface area contributed by atoms with Gasteiger partial charge in [-0.05, 0) is 43.2 Å². The van der Waals surface area contributed by atoms with Crippen molar-refractivity contribution in [1.82, 2.24) is 24.3 Å². The summed E-state index contributed by atoms with van der Waals surface area (Å²) < 4.78 is 3.31. The zero-order valence-corrected chi connectivity index (χ0v) is 20.7. The highest BCUT2D eigenvalue weighted by Crippen LogP contribution is 2.33. The van der Waals surface area contributed by atoms with Crippen molar-refractivity contribution in [3.05, 3.63) is 76.2 Å². The van der Waals surface area contributed by atoms with Gasteiger partial charge in [-0.2, -0.15) is 5.10 Å². The Bertz CT molecular complexity index is 1510. The fourth-order valence-electron chi connectivity index (χ4n) is 4.62. The third-order valence-corrected chi connectivity index (χ3v) is 6.85. The number of nitrogen functional groups attached to an aromatic ring is 1. The van der Waals surface area contributed by atoms with Crippen molar-refractivity contribution >= 4 is 28.9 Å². The van der Waals surface area contributed by atoms with Gasteiger partial charge in [0.2, 0.25) is 5.91 Å². The molecule has 0 aliphatic carbocycles. The molecule has 0 unspecified atom stereocenters. The maximum absolute atomic E-state index is 13.3. The Hall–Kier alpha value is -3.98. The first kappa shape index (κ1) is 23.7. The average Bonchev–Trinajstić information content (AvgIpc) is 3.22. The number of benzene rings is 1. The fraction of sp³-hybridized carbons (Fsp3) is 0.269. The van der Waals surface area contributed by atoms with Crippen LogP contribution in [0.3, 0.4) is 0 Å². The molecule has 36 heavy (non-hydrogen) atoms. The number of nitrogens with zero attached hydrogens (tertiary/aromatic N) is 5. The minimum Gasteiger partial charge on any atom is -0.398 e. The lowest BCUT2D eigenvalue weighted by Crippen LogP contribution is -2.27. The molecule has 0 radical (unpaired) electrons. The summed E-state index contributed by atoms with van der Waals surface area (Å²) in [5, 5.41) is 7.87. The van der Waals surface area contributed by atoms with Gasteiger partial charge in [0.25, 0.3) is 5.56 Å². The van der Waals surface area contributed by atoms with Gasteiger partial charge in [-0.15, -0.1) is 0 Å². The molecule has 0 spiro atoms. The van der Waals surface area contributed by atoms with Crippen LogP contribution in [0.1, 0.15) is 37.9 Å². The molecule has 0 saturated heterocycles. The Morgan fingerprint density at radius 2 is 1.94 bits per heavy atom. The van der Waals surface area contributed by atoms with E-state index < -0.39 is 0 Å². The van der Waals surface area contributed by atoms with Crippen LogP contribution in [0.25, 0.3) is 22.5 Å². The number of nitrogens with two attached hydrogens (primary N) is 1. The van der Waals surface area contributed by atoms with Crippen molar-refractivity contribution in [2.75, 3.05) is 11.1 Å². The van der Waals surface area contributed by atoms with Crippen LogP contribution in [0.2, 0.25) is 5.02 Å². The van der Waals surface area contributed by atoms with Gasteiger partial charge in [0, 0.05) is 47.1 Å². The van der Waals surface area contributed by atoms with Gasteiger partial charge in [-0.1, -0.05) is 24.9 Å². The number of aromatic nitrogens is 5. The largest absolute Gasteiger partial charge is 0.398 e. The van der Waals surface area contributed by atoms with Crippen LogP contribution in [0.15, 0.2) is 59.9 Å². The van der Waals surface area contributed by atoms with E-state index in [0.29, 0.717) is 40.5 Å². The molecule has 3 N–H and O–H groups in total. The number of nitrogens with one attached hydrogen (secondary N) is 1. The van der Waals surface area contributed by atoms with Crippen LogP contribution >= 0.6 is 11.6 Å². The normalized spacial score (nSPS) is 18.0. The molecule has 1 aliphatic heterocycles. The van der Waals surface area contributed by atoms with Crippen LogP contribution < -0.4 is 16.6 Å². The molecule has 5 rings (SSSR count). The maximum atomic E-state index is 13.3. The van der Waals surface area contributed by atoms with Crippen molar-refractivity contribution in [3.63, 3.8) is 0 Å². The summed E-state index contributed by atoms with van der Waals surface area (Å²) >= 11 is 6.14. The molecule has 2 bridgehead atoms. The molecule has 2 atom stereocenters. The third-order valence-electron chi connectivity index (χ3n) is 6.62. The molecule has 1 aromatic carbocycles. The van der Waals surface area contributed by atoms with Crippen molar-refractivity contribution in [3.8, 4) is 22.5 Å². The van der Waals surface area contributed by atoms with Crippen molar-refractivity contribution in [2.24, 2.45) is 13.0 Å². The number of fused-ring (bicyclic) bond motifs is 4. The monoisotopic (exact) mass is 503 g/mol. The molecular weight excluding hydrogens is 478 g/mol. The molecule has 1 amide bonds. The van der Waals surface area contributed by atoms with Gasteiger partial charge in [0.15, 0.2) is 0 Å². The summed E-state index contributed by atoms with van der Waals surface area (Å²) in [5.41, 5.74) is 10.4. The Balaban J connectivity index is 1.60. The number of anilines is 2. The van der Waals surface area contributed by atoms with Crippen LogP contribution in [0.4, 0.5) is 11.4 Å². The van der Waals surface area contributed by atoms with Gasteiger partial charge in [-0.3, -0.25) is 23.8 Å². The highest BCUT2D eigenvalue weighted by atomic mass is 35.5. The molecule has 10 heteroatoms. The number of carbonyl (C=O) groups is 1. The molecule has 9 nitrogen and oxygen atoms in total. The van der Waals surface area contributed by atoms with Crippen LogP contribution in [0.5, 0.6) is 0 Å². The lowest BCUT2D eigenvalue weighted by atomic mass is 9.97. The number of aryl methyl sites for hydroxylation is 1. The molecular formula is C26H26ClN7O2. The summed E-state index contributed by atoms with van der Waals surface area (Å²) in [4.78, 5) is 35.3. The smallest absolute Gasteiger partial charge is 0.254 e. The third kappa shape index (κ3) is 4.49. The molecule has 1 aliphatic rings. The van der Waals surface area contributed by atoms with E-state index in [9.17, 15) is 9.59 Å². The standard InChI is InChI=1S/C26H26ClN7O2/c1-15-4-3-5-23(34-14-30-20(12-24(34)35)18-11-17(27)6-7-19(18)28)21-10-16(8-9-29-21)25-22(32-26(15)36)13-31-33(25)2/h6-15,23H,3-5,28H2,1-2H3,(H,32,36)/t15-,23+/m1/s1. The molecule has 0 saturated carbocycles. The number of amides is 1. The van der Waals surface area contributed by atoms with E-state index in [0.717, 1.165) is 23.4 Å². The van der Waals surface area contributed by atoms with E-state index in [2.05, 4.69) is 20.4 Å². The minimum absolute atomic E-state index is 0.0575. The lowest BCUT2D eigenvalue weighted by Gasteiger charge is -2.22. The van der Waals surface area contributed by atoms with Crippen LogP contribution in [0, 0.1) is 5.92 Å². The van der Waals surface area contributed by atoms with Gasteiger partial charge < -0.3 is 11.1 Å². The zero-order chi connectivity index (χ0) is 25.4. The summed E-state index contributed by atoms with van der Waals surface area (Å²) in [6, 6.07) is 10.0. The van der Waals surface area contributed by atoms with Gasteiger partial charge in [0.1, 0.15) is 0 Å². The molecule has 0 fully saturated rings. The first-order valence-corrected chi connectivity index (χ1v) is 12.1. The highest BCUT2D eigenvalue weighted by molar-refractivity contribution is 6.31. The number of halogens is 1. The highest BCUT2D eigenvalue weighted by Gasteiger charge is 2.24. The quantitative estimate of drug-likeness (QED) is 0.394. The Morgan fingerprint density at radius 3 is 2.75 bits per heavy atom. The van der Waals surface area contributed by atoms with Crippen LogP contribution in [-0.4, -0.2) is 30.2 Å². The Morgan fingerprint density at radius 1 is 1.11 bits per heavy atom. The van der Waals surface area contributed by atoms with E-state index in [-0.39, 0.29) is 23.4 Å². The van der Waals surface area contributed by atoms with E-state index in [1.807, 2.05) is 26.1 Å². The molecule has 3 aromatic heterocycles. The topological polar surface area (TPSA) is 121 Å². The SMILES string of the molecule is C[C@@H]1CCC[C@H](n2cnc(-c3cc(Cl)ccc3N)cc2=O)c2cc(ccn2)-c2c(cnn2C)NC1=O. The second kappa shape index (κ2) is 9.58. The molecule has 4 aromatic rings. The first-order valence-electron chi connectivity index (χ1n) is 11.7. The summed E-state index contributed by atoms with van der Waals surface area (Å²) in [7, 11) is 1.83. The summed E-state index contributed by atoms with van der Waals surface area (Å²) in [5.74, 6) is -0.259. The summed E-state index contributed by atoms with van der Waals surface area (Å²) in [6.07, 6.45) is 6.90. The maximum Gasteiger partial charge on any atom is 0.254 e. The fourth-order valence-corrected chi connectivity index (χ4v) is 4.80. The molecule has 184 valence electrons. The minimum atomic E-state index is -0.359. The van der Waals surface area contributed by atoms with Gasteiger partial charge in [-0.25, -0.2) is 4.98 Å². The van der Waals surface area contributed by atoms with Crippen molar-refractivity contribution in [1.29, 1.82) is 0 Å². The number of carbonyl (C=O) groups excluding carboxylic acids is 1. The zero-order valence-electron chi connectivity index (χ0n) is 20.0. The second-order valence-corrected chi connectivity index (χ2v) is 9.52. The van der Waals surface area contributed by atoms with E-state index in [4.69, 9.17) is 17.3 Å². The van der Waals surface area contributed by atoms with Gasteiger partial charge in [0.05, 0.1) is 41.3 Å². The van der Waals surface area contributed by atoms with E-state index in [1.54, 1.807) is 39.8 Å². The van der Waals surface area contributed by atoms with Crippen molar-refractivity contribution < 1.29 is 4.79 Å². The van der Waals surface area contributed by atoms with Crippen LogP contribution in [-0.2, 0) is 11.8 Å². The van der Waals surface area contributed by atoms with E-state index in [1.165, 1.54) is 12.4 Å². The first-order chi connectivity index (χ1) is 17.3. The summed E-state index contributed by atoms with van der Waals surface area (Å²) in [6.45, 7) is 1.90. The predicted octanol–water partition coefficient (Wildman–Crippen LogP) is 4.29. The Kier molecular flexibility index (Phi) is 6.32. The van der Waals surface area contributed by atoms with Gasteiger partial charge >= 0.3 is 0 Å². The second-order valence-electron chi connectivity index (χ2n) is 9.09. The predicted molar refractivity (Wildman–Crippen MR) is 140 cm³/mol. The average molecular weight is 504 g/mol. The number of hydrogen-bond acceptors (Lipinski definition) is 6. The molecule has 4 heterocycles. The van der Waals surface area contributed by atoms with Crippen molar-refractivity contribution in [2.45, 2.75) is 32.2 Å². The van der Waals surface area contributed by atoms with E-state index >= 15 is 0 Å². The lowest BCUT2D eigenvalue weighted by molar-refractivity contribution is -0.119. The number of hydrogen-bond donors (Lipinski definition) is 2.